The van der Waals surface area contributed by atoms with Crippen LogP contribution in [0.25, 0.3) is 0 Å². The number of ether oxygens (including phenoxy) is 1. The fourth-order valence-electron chi connectivity index (χ4n) is 2.72. The predicted molar refractivity (Wildman–Crippen MR) is 112 cm³/mol. The number of hydrogen-bond acceptors (Lipinski definition) is 5. The van der Waals surface area contributed by atoms with Crippen molar-refractivity contribution in [1.29, 1.82) is 0 Å². The first kappa shape index (κ1) is 19.3. The van der Waals surface area contributed by atoms with Gasteiger partial charge in [0, 0.05) is 11.0 Å². The molecule has 2 aromatic carbocycles. The van der Waals surface area contributed by atoms with Crippen molar-refractivity contribution in [3.05, 3.63) is 64.4 Å². The van der Waals surface area contributed by atoms with Gasteiger partial charge in [0.2, 0.25) is 5.95 Å². The quantitative estimate of drug-likeness (QED) is 0.482. The van der Waals surface area contributed by atoms with E-state index >= 15 is 0 Å². The monoisotopic (exact) mass is 426 g/mol. The minimum atomic E-state index is 0.289. The predicted octanol–water partition coefficient (Wildman–Crippen LogP) is 6.02. The Labute approximate surface area is 168 Å². The summed E-state index contributed by atoms with van der Waals surface area (Å²) in [6.07, 6.45) is 0. The smallest absolute Gasteiger partial charge is 0.327 e. The van der Waals surface area contributed by atoms with Gasteiger partial charge in [-0.15, -0.1) is 0 Å². The second-order valence-electron chi connectivity index (χ2n) is 6.49. The molecule has 0 aliphatic rings. The lowest BCUT2D eigenvalue weighted by atomic mass is 10.0. The van der Waals surface area contributed by atoms with Crippen LogP contribution in [0.2, 0.25) is 0 Å². The van der Waals surface area contributed by atoms with Gasteiger partial charge in [0.05, 0.1) is 5.69 Å². The number of anilines is 2. The van der Waals surface area contributed by atoms with Crippen LogP contribution in [0.3, 0.4) is 0 Å². The van der Waals surface area contributed by atoms with Crippen molar-refractivity contribution in [3.63, 3.8) is 0 Å². The molecule has 0 radical (unpaired) electrons. The van der Waals surface area contributed by atoms with Gasteiger partial charge in [-0.2, -0.15) is 15.0 Å². The highest BCUT2D eigenvalue weighted by Crippen LogP contribution is 2.33. The summed E-state index contributed by atoms with van der Waals surface area (Å²) in [5.41, 5.74) is 2.29. The molecule has 0 unspecified atom stereocenters. The van der Waals surface area contributed by atoms with E-state index in [1.54, 1.807) is 0 Å². The normalized spacial score (nSPS) is 10.9. The summed E-state index contributed by atoms with van der Waals surface area (Å²) in [7, 11) is 0. The largest absolute Gasteiger partial charge is 0.424 e. The average Bonchev–Trinajstić information content (AvgIpc) is 2.64. The van der Waals surface area contributed by atoms with Gasteiger partial charge in [-0.3, -0.25) is 0 Å². The first-order chi connectivity index (χ1) is 13.0. The van der Waals surface area contributed by atoms with Crippen LogP contribution < -0.4 is 9.64 Å². The highest BCUT2D eigenvalue weighted by Gasteiger charge is 2.17. The van der Waals surface area contributed by atoms with Gasteiger partial charge in [-0.05, 0) is 65.5 Å². The second-order valence-corrected chi connectivity index (χ2v) is 7.34. The average molecular weight is 427 g/mol. The van der Waals surface area contributed by atoms with E-state index in [1.807, 2.05) is 42.2 Å². The third-order valence-electron chi connectivity index (χ3n) is 4.15. The minimum absolute atomic E-state index is 0.289. The Morgan fingerprint density at radius 1 is 1.04 bits per heavy atom. The number of hydrogen-bond donors (Lipinski definition) is 0. The Hall–Kier alpha value is -2.47. The number of benzene rings is 2. The molecule has 0 fully saturated rings. The van der Waals surface area contributed by atoms with Crippen LogP contribution in [0.15, 0.2) is 53.0 Å². The first-order valence-corrected chi connectivity index (χ1v) is 9.79. The van der Waals surface area contributed by atoms with Gasteiger partial charge in [0.1, 0.15) is 11.6 Å². The maximum absolute atomic E-state index is 5.81. The van der Waals surface area contributed by atoms with Crippen molar-refractivity contribution in [1.82, 2.24) is 15.0 Å². The van der Waals surface area contributed by atoms with Gasteiger partial charge in [0.15, 0.2) is 0 Å². The summed E-state index contributed by atoms with van der Waals surface area (Å²) in [4.78, 5) is 15.4. The molecule has 0 saturated heterocycles. The lowest BCUT2D eigenvalue weighted by Gasteiger charge is -2.23. The topological polar surface area (TPSA) is 51.1 Å². The summed E-state index contributed by atoms with van der Waals surface area (Å²) >= 11 is 3.70. The number of nitrogens with zero attached hydrogens (tertiary/aromatic N) is 4. The molecular formula is C21H23BrN4O. The Morgan fingerprint density at radius 2 is 1.78 bits per heavy atom. The van der Waals surface area contributed by atoms with Gasteiger partial charge in [-0.1, -0.05) is 38.1 Å². The standard InChI is InChI=1S/C21H23BrN4O/c1-5-26(19-12-11-16(14(2)3)13-18(19)22)20-23-15(4)24-21(25-20)27-17-9-7-6-8-10-17/h6-14H,5H2,1-4H3. The zero-order chi connectivity index (χ0) is 19.4. The molecule has 0 N–H and O–H groups in total. The molecule has 0 bridgehead atoms. The molecule has 0 atom stereocenters. The van der Waals surface area contributed by atoms with Crippen molar-refractivity contribution in [2.75, 3.05) is 11.4 Å². The summed E-state index contributed by atoms with van der Waals surface area (Å²) in [5, 5.41) is 0. The second kappa shape index (κ2) is 8.48. The Bertz CT molecular complexity index is 915. The SMILES string of the molecule is CCN(c1nc(C)nc(Oc2ccccc2)n1)c1ccc(C(C)C)cc1Br. The Balaban J connectivity index is 1.96. The van der Waals surface area contributed by atoms with Crippen LogP contribution in [-0.4, -0.2) is 21.5 Å². The van der Waals surface area contributed by atoms with E-state index in [1.165, 1.54) is 5.56 Å². The molecule has 0 aliphatic carbocycles. The van der Waals surface area contributed by atoms with E-state index in [0.717, 1.165) is 10.2 Å². The molecule has 0 saturated carbocycles. The van der Waals surface area contributed by atoms with Crippen LogP contribution in [-0.2, 0) is 0 Å². The molecule has 27 heavy (non-hydrogen) atoms. The van der Waals surface area contributed by atoms with Crippen molar-refractivity contribution >= 4 is 27.6 Å². The summed E-state index contributed by atoms with van der Waals surface area (Å²) in [6.45, 7) is 8.99. The Kier molecular flexibility index (Phi) is 6.06. The minimum Gasteiger partial charge on any atom is -0.424 e. The van der Waals surface area contributed by atoms with Crippen molar-refractivity contribution < 1.29 is 4.74 Å². The maximum atomic E-state index is 5.81. The van der Waals surface area contributed by atoms with Crippen LogP contribution in [0.5, 0.6) is 11.8 Å². The summed E-state index contributed by atoms with van der Waals surface area (Å²) < 4.78 is 6.82. The van der Waals surface area contributed by atoms with Crippen LogP contribution in [0, 0.1) is 6.92 Å². The molecule has 1 heterocycles. The Morgan fingerprint density at radius 3 is 2.41 bits per heavy atom. The lowest BCUT2D eigenvalue weighted by molar-refractivity contribution is 0.437. The van der Waals surface area contributed by atoms with Crippen LogP contribution in [0.4, 0.5) is 11.6 Å². The number of aryl methyl sites for hydroxylation is 1. The number of para-hydroxylation sites is 1. The molecule has 3 rings (SSSR count). The van der Waals surface area contributed by atoms with E-state index in [4.69, 9.17) is 4.74 Å². The van der Waals surface area contributed by atoms with Gasteiger partial charge < -0.3 is 9.64 Å². The molecule has 140 valence electrons. The van der Waals surface area contributed by atoms with Crippen LogP contribution in [0.1, 0.15) is 38.1 Å². The van der Waals surface area contributed by atoms with Gasteiger partial charge in [0.25, 0.3) is 0 Å². The summed E-state index contributed by atoms with van der Waals surface area (Å²) in [5.74, 6) is 2.34. The number of rotatable bonds is 6. The zero-order valence-corrected chi connectivity index (χ0v) is 17.6. The van der Waals surface area contributed by atoms with Gasteiger partial charge >= 0.3 is 6.01 Å². The van der Waals surface area contributed by atoms with Gasteiger partial charge in [-0.25, -0.2) is 0 Å². The van der Waals surface area contributed by atoms with E-state index in [0.29, 0.717) is 30.0 Å². The molecule has 5 nitrogen and oxygen atoms in total. The summed E-state index contributed by atoms with van der Waals surface area (Å²) in [6, 6.07) is 16.2. The third-order valence-corrected chi connectivity index (χ3v) is 4.79. The molecule has 3 aromatic rings. The van der Waals surface area contributed by atoms with Crippen LogP contribution >= 0.6 is 15.9 Å². The molecular weight excluding hydrogens is 404 g/mol. The first-order valence-electron chi connectivity index (χ1n) is 9.00. The fourth-order valence-corrected chi connectivity index (χ4v) is 3.34. The van der Waals surface area contributed by atoms with E-state index in [-0.39, 0.29) is 6.01 Å². The molecule has 1 aromatic heterocycles. The highest BCUT2D eigenvalue weighted by atomic mass is 79.9. The number of aromatic nitrogens is 3. The van der Waals surface area contributed by atoms with E-state index < -0.39 is 0 Å². The van der Waals surface area contributed by atoms with Crippen molar-refractivity contribution in [3.8, 4) is 11.8 Å². The van der Waals surface area contributed by atoms with E-state index in [2.05, 4.69) is 69.9 Å². The fraction of sp³-hybridized carbons (Fsp3) is 0.286. The van der Waals surface area contributed by atoms with Crippen molar-refractivity contribution in [2.45, 2.75) is 33.6 Å². The molecule has 0 spiro atoms. The maximum Gasteiger partial charge on any atom is 0.327 e. The lowest BCUT2D eigenvalue weighted by Crippen LogP contribution is -2.20. The van der Waals surface area contributed by atoms with Crippen molar-refractivity contribution in [2.24, 2.45) is 0 Å². The molecule has 0 amide bonds. The zero-order valence-electron chi connectivity index (χ0n) is 16.0. The molecule has 0 aliphatic heterocycles. The van der Waals surface area contributed by atoms with E-state index in [9.17, 15) is 0 Å². The highest BCUT2D eigenvalue weighted by molar-refractivity contribution is 9.10. The number of halogens is 1. The molecule has 6 heteroatoms. The third kappa shape index (κ3) is 4.63.